The summed E-state index contributed by atoms with van der Waals surface area (Å²) in [5, 5.41) is 27.8. The van der Waals surface area contributed by atoms with Crippen molar-refractivity contribution in [1.29, 1.82) is 0 Å². The summed E-state index contributed by atoms with van der Waals surface area (Å²) in [6.07, 6.45) is 3.83. The molecule has 2 aliphatic rings. The van der Waals surface area contributed by atoms with Gasteiger partial charge in [-0.3, -0.25) is 9.69 Å². The fourth-order valence-electron chi connectivity index (χ4n) is 4.10. The van der Waals surface area contributed by atoms with E-state index in [-0.39, 0.29) is 29.0 Å². The fourth-order valence-corrected chi connectivity index (χ4v) is 8.10. The third-order valence-electron chi connectivity index (χ3n) is 5.89. The number of carboxylic acid groups (broad SMARTS) is 1. The van der Waals surface area contributed by atoms with Crippen LogP contribution >= 0.6 is 46.4 Å². The number of anilines is 1. The largest absolute Gasteiger partial charge is 0.543 e. The Morgan fingerprint density at radius 3 is 2.85 bits per heavy atom. The molecule has 0 aliphatic carbocycles. The topological polar surface area (TPSA) is 183 Å². The van der Waals surface area contributed by atoms with E-state index in [4.69, 9.17) is 10.6 Å². The molecular formula is C22H22N8O5S4. The van der Waals surface area contributed by atoms with Gasteiger partial charge in [0, 0.05) is 45.3 Å². The third-order valence-corrected chi connectivity index (χ3v) is 9.94. The molecular weight excluding hydrogens is 585 g/mol. The summed E-state index contributed by atoms with van der Waals surface area (Å²) in [6, 6.07) is 2.82. The number of aromatic nitrogens is 4. The number of nitrogens with zero attached hydrogens (tertiary/aromatic N) is 6. The first-order valence-corrected chi connectivity index (χ1v) is 15.0. The van der Waals surface area contributed by atoms with Gasteiger partial charge in [-0.25, -0.2) is 9.55 Å². The Bertz CT molecular complexity index is 1460. The van der Waals surface area contributed by atoms with Crippen LogP contribution in [0.25, 0.3) is 11.3 Å². The molecule has 1 amide bonds. The second-order valence-electron chi connectivity index (χ2n) is 8.31. The van der Waals surface area contributed by atoms with Crippen molar-refractivity contribution in [2.45, 2.75) is 22.7 Å². The number of carboxylic acids is 1. The van der Waals surface area contributed by atoms with Crippen molar-refractivity contribution in [3.63, 3.8) is 0 Å². The number of carbonyl (C=O) groups is 2. The maximum atomic E-state index is 13.4. The average molecular weight is 607 g/mol. The summed E-state index contributed by atoms with van der Waals surface area (Å²) < 4.78 is 6.69. The number of nitrogens with two attached hydrogens (primary N) is 1. The number of rotatable bonds is 10. The summed E-state index contributed by atoms with van der Waals surface area (Å²) in [5.74, 6) is -2.47. The molecule has 1 saturated heterocycles. The Labute approximate surface area is 238 Å². The first-order valence-electron chi connectivity index (χ1n) is 11.5. The number of nitrogens with one attached hydrogen (secondary N) is 1. The Kier molecular flexibility index (Phi) is 8.15. The van der Waals surface area contributed by atoms with Crippen molar-refractivity contribution in [3.8, 4) is 11.3 Å². The number of oxime groups is 1. The summed E-state index contributed by atoms with van der Waals surface area (Å²) in [5.41, 5.74) is 9.42. The van der Waals surface area contributed by atoms with Crippen molar-refractivity contribution >= 4 is 69.1 Å². The highest BCUT2D eigenvalue weighted by atomic mass is 32.2. The number of thiazole rings is 1. The number of thioether (sulfide) groups is 2. The van der Waals surface area contributed by atoms with Gasteiger partial charge >= 0.3 is 0 Å². The van der Waals surface area contributed by atoms with E-state index in [1.54, 1.807) is 6.92 Å². The molecule has 3 aromatic heterocycles. The Hall–Kier alpha value is -3.09. The molecule has 1 unspecified atom stereocenters. The van der Waals surface area contributed by atoms with Gasteiger partial charge in [0.05, 0.1) is 34.7 Å². The van der Waals surface area contributed by atoms with Gasteiger partial charge in [0.2, 0.25) is 5.91 Å². The van der Waals surface area contributed by atoms with Crippen molar-refractivity contribution < 1.29 is 29.3 Å². The average Bonchev–Trinajstić information content (AvgIpc) is 3.57. The molecule has 5 rings (SSSR count). The number of aryl methyl sites for hydroxylation is 1. The highest BCUT2D eigenvalue weighted by Gasteiger charge is 2.57. The minimum atomic E-state index is -1.47. The maximum absolute atomic E-state index is 13.4. The zero-order chi connectivity index (χ0) is 27.7. The molecule has 1 fully saturated rings. The van der Waals surface area contributed by atoms with Crippen LogP contribution in [-0.2, 0) is 21.5 Å². The number of aliphatic carboxylic acids is 1. The van der Waals surface area contributed by atoms with Crippen LogP contribution in [0.3, 0.4) is 0 Å². The first kappa shape index (κ1) is 27.5. The number of fused-ring (bicyclic) bond motifs is 1. The van der Waals surface area contributed by atoms with Crippen LogP contribution in [0.4, 0.5) is 5.13 Å². The number of pyridine rings is 1. The lowest BCUT2D eigenvalue weighted by Crippen LogP contribution is -2.68. The lowest BCUT2D eigenvalue weighted by molar-refractivity contribution is -0.671. The molecule has 5 heterocycles. The van der Waals surface area contributed by atoms with Crippen LogP contribution < -0.4 is 20.9 Å². The highest BCUT2D eigenvalue weighted by Crippen LogP contribution is 2.49. The molecule has 3 atom stereocenters. The van der Waals surface area contributed by atoms with E-state index >= 15 is 0 Å². The van der Waals surface area contributed by atoms with Crippen LogP contribution in [0.2, 0.25) is 0 Å². The van der Waals surface area contributed by atoms with Crippen molar-refractivity contribution in [2.75, 3.05) is 18.1 Å². The zero-order valence-electron chi connectivity index (χ0n) is 20.5. The quantitative estimate of drug-likeness (QED) is 0.125. The number of hydrogen-bond donors (Lipinski definition) is 3. The van der Waals surface area contributed by atoms with Gasteiger partial charge in [0.25, 0.3) is 0 Å². The standard InChI is InChI=1S/C22H22N8O5S4/c1-3-35-27-15(17-25-21(23)39-28-17)14(26-34)13-18(31)30-16(20(32)33)12(9-36-19(13)30)38-22-24-11(8-37-22)10-4-6-29(2)7-5-10/h4-8,13-14,19,26,34H,3,9H2,1-2H3,(H2-,23,25,28,32,33)/b27-15-/t13-,14?,19-/m1/s1. The van der Waals surface area contributed by atoms with Gasteiger partial charge in [-0.2, -0.15) is 14.8 Å². The molecule has 4 N–H and O–H groups in total. The summed E-state index contributed by atoms with van der Waals surface area (Å²) in [4.78, 5) is 41.2. The normalized spacial score (nSPS) is 20.0. The third kappa shape index (κ3) is 5.37. The van der Waals surface area contributed by atoms with Gasteiger partial charge in [-0.1, -0.05) is 16.9 Å². The number of carbonyl (C=O) groups excluding carboxylic acids is 2. The van der Waals surface area contributed by atoms with Gasteiger partial charge in [-0.05, 0) is 6.92 Å². The molecule has 39 heavy (non-hydrogen) atoms. The van der Waals surface area contributed by atoms with E-state index in [1.165, 1.54) is 39.8 Å². The molecule has 2 aliphatic heterocycles. The lowest BCUT2D eigenvalue weighted by Gasteiger charge is -2.52. The minimum absolute atomic E-state index is 0.0786. The van der Waals surface area contributed by atoms with Crippen LogP contribution in [0.15, 0.2) is 50.0 Å². The molecule has 0 aromatic carbocycles. The van der Waals surface area contributed by atoms with E-state index in [1.807, 2.05) is 41.5 Å². The maximum Gasteiger partial charge on any atom is 0.236 e. The van der Waals surface area contributed by atoms with Gasteiger partial charge < -0.3 is 25.7 Å². The van der Waals surface area contributed by atoms with Gasteiger partial charge in [0.15, 0.2) is 27.7 Å². The molecule has 0 spiro atoms. The van der Waals surface area contributed by atoms with Crippen LogP contribution in [0, 0.1) is 5.92 Å². The van der Waals surface area contributed by atoms with Crippen LogP contribution in [0.5, 0.6) is 0 Å². The Morgan fingerprint density at radius 2 is 2.21 bits per heavy atom. The SMILES string of the molecule is CCO/N=C(\c1nsc(N)n1)C(NO)[C@@H]1C(=O)N2C(C(=O)[O-])=C(Sc3nc(-c4cc[n+](C)cc4)cs3)CS[C@H]12. The summed E-state index contributed by atoms with van der Waals surface area (Å²) in [7, 11) is 1.92. The van der Waals surface area contributed by atoms with Crippen molar-refractivity contribution in [3.05, 3.63) is 46.3 Å². The van der Waals surface area contributed by atoms with Crippen LogP contribution in [-0.4, -0.2) is 65.8 Å². The zero-order valence-corrected chi connectivity index (χ0v) is 23.8. The first-order chi connectivity index (χ1) is 18.8. The van der Waals surface area contributed by atoms with Gasteiger partial charge in [0.1, 0.15) is 19.4 Å². The van der Waals surface area contributed by atoms with E-state index in [2.05, 4.69) is 25.0 Å². The number of β-lactam (4-membered cyclic amide) rings is 1. The number of amides is 1. The Balaban J connectivity index is 1.40. The van der Waals surface area contributed by atoms with Crippen molar-refractivity contribution in [2.24, 2.45) is 18.1 Å². The van der Waals surface area contributed by atoms with Crippen molar-refractivity contribution in [1.82, 2.24) is 24.7 Å². The second kappa shape index (κ2) is 11.6. The molecule has 3 aromatic rings. The molecule has 204 valence electrons. The lowest BCUT2D eigenvalue weighted by atomic mass is 9.86. The monoisotopic (exact) mass is 606 g/mol. The van der Waals surface area contributed by atoms with E-state index in [9.17, 15) is 19.9 Å². The van der Waals surface area contributed by atoms with E-state index in [0.717, 1.165) is 22.8 Å². The molecule has 0 radical (unpaired) electrons. The number of hydrogen-bond acceptors (Lipinski definition) is 15. The van der Waals surface area contributed by atoms with E-state index < -0.39 is 29.2 Å². The smallest absolute Gasteiger partial charge is 0.236 e. The minimum Gasteiger partial charge on any atom is -0.543 e. The number of hydroxylamine groups is 1. The van der Waals surface area contributed by atoms with Crippen LogP contribution in [0.1, 0.15) is 12.7 Å². The molecule has 13 nitrogen and oxygen atoms in total. The molecule has 0 bridgehead atoms. The number of nitrogen functional groups attached to an aromatic ring is 1. The Morgan fingerprint density at radius 1 is 1.44 bits per heavy atom. The predicted molar refractivity (Wildman–Crippen MR) is 144 cm³/mol. The van der Waals surface area contributed by atoms with Gasteiger partial charge in [-0.15, -0.1) is 23.1 Å². The fraction of sp³-hybridized carbons (Fsp3) is 0.318. The summed E-state index contributed by atoms with van der Waals surface area (Å²) >= 11 is 4.88. The summed E-state index contributed by atoms with van der Waals surface area (Å²) in [6.45, 7) is 1.95. The molecule has 17 heteroatoms. The predicted octanol–water partition coefficient (Wildman–Crippen LogP) is 0.441. The second-order valence-corrected chi connectivity index (χ2v) is 12.4. The highest BCUT2D eigenvalue weighted by molar-refractivity contribution is 8.07. The van der Waals surface area contributed by atoms with E-state index in [0.29, 0.717) is 15.0 Å². The molecule has 0 saturated carbocycles.